The highest BCUT2D eigenvalue weighted by atomic mass is 32.2. The zero-order valence-electron chi connectivity index (χ0n) is 20.6. The number of carbonyl (C=O) groups is 2. The molecule has 8 nitrogen and oxygen atoms in total. The van der Waals surface area contributed by atoms with Crippen LogP contribution in [0.25, 0.3) is 0 Å². The fourth-order valence-corrected chi connectivity index (χ4v) is 4.35. The van der Waals surface area contributed by atoms with Crippen molar-refractivity contribution in [2.24, 2.45) is 0 Å². The Morgan fingerprint density at radius 1 is 1.14 bits per heavy atom. The van der Waals surface area contributed by atoms with Gasteiger partial charge in [-0.15, -0.1) is 11.8 Å². The predicted molar refractivity (Wildman–Crippen MR) is 136 cm³/mol. The van der Waals surface area contributed by atoms with Crippen molar-refractivity contribution in [2.75, 3.05) is 19.0 Å². The van der Waals surface area contributed by atoms with E-state index in [2.05, 4.69) is 10.3 Å². The van der Waals surface area contributed by atoms with E-state index in [4.69, 9.17) is 9.15 Å². The van der Waals surface area contributed by atoms with Crippen LogP contribution in [0.2, 0.25) is 0 Å². The lowest BCUT2D eigenvalue weighted by Crippen LogP contribution is -2.32. The van der Waals surface area contributed by atoms with E-state index < -0.39 is 10.7 Å². The average Bonchev–Trinajstić information content (AvgIpc) is 3.20. The largest absolute Gasteiger partial charge is 0.497 e. The number of aromatic nitrogens is 1. The zero-order chi connectivity index (χ0) is 25.6. The molecule has 0 radical (unpaired) electrons. The minimum Gasteiger partial charge on any atom is -0.497 e. The van der Waals surface area contributed by atoms with E-state index in [0.717, 1.165) is 33.2 Å². The first-order valence-corrected chi connectivity index (χ1v) is 12.0. The summed E-state index contributed by atoms with van der Waals surface area (Å²) in [5.74, 6) is 0.425. The molecule has 1 amide bonds. The van der Waals surface area contributed by atoms with Crippen LogP contribution in [0.1, 0.15) is 36.4 Å². The van der Waals surface area contributed by atoms with E-state index in [9.17, 15) is 14.7 Å². The van der Waals surface area contributed by atoms with Gasteiger partial charge >= 0.3 is 5.97 Å². The Bertz CT molecular complexity index is 1170. The number of amides is 1. The molecule has 0 saturated heterocycles. The first-order chi connectivity index (χ1) is 16.6. The molecule has 1 heterocycles. The lowest BCUT2D eigenvalue weighted by atomic mass is 10.2. The molecule has 3 rings (SSSR count). The standard InChI is InChI=1S/C26H31N3O5S/c1-17-12-20(33-5)8-11-22(17)28-24(30)15-29(14-23-18(2)27-16-34-23)13-19-6-9-21(10-7-19)35-26(3,4)25(31)32/h6-12,16H,13-15H2,1-5H3,(H,28,30)(H,31,32). The number of benzene rings is 2. The van der Waals surface area contributed by atoms with Gasteiger partial charge in [-0.3, -0.25) is 14.5 Å². The van der Waals surface area contributed by atoms with E-state index >= 15 is 0 Å². The molecule has 35 heavy (non-hydrogen) atoms. The molecule has 1 aromatic heterocycles. The van der Waals surface area contributed by atoms with Gasteiger partial charge < -0.3 is 19.6 Å². The van der Waals surface area contributed by atoms with Crippen molar-refractivity contribution in [1.82, 2.24) is 9.88 Å². The van der Waals surface area contributed by atoms with Crippen LogP contribution >= 0.6 is 11.8 Å². The summed E-state index contributed by atoms with van der Waals surface area (Å²) in [5, 5.41) is 12.3. The van der Waals surface area contributed by atoms with Crippen molar-refractivity contribution in [2.45, 2.75) is 50.4 Å². The number of carboxylic acid groups (broad SMARTS) is 1. The molecule has 0 spiro atoms. The minimum atomic E-state index is -0.922. The second kappa shape index (κ2) is 11.4. The summed E-state index contributed by atoms with van der Waals surface area (Å²) < 4.78 is 9.83. The van der Waals surface area contributed by atoms with E-state index in [1.165, 1.54) is 18.2 Å². The molecule has 0 bridgehead atoms. The molecule has 0 fully saturated rings. The number of hydrogen-bond acceptors (Lipinski definition) is 7. The van der Waals surface area contributed by atoms with Crippen LogP contribution in [0, 0.1) is 13.8 Å². The van der Waals surface area contributed by atoms with Crippen LogP contribution in [-0.2, 0) is 22.7 Å². The van der Waals surface area contributed by atoms with E-state index in [1.54, 1.807) is 21.0 Å². The van der Waals surface area contributed by atoms with Gasteiger partial charge in [0.25, 0.3) is 0 Å². The van der Waals surface area contributed by atoms with Gasteiger partial charge in [-0.05, 0) is 69.2 Å². The van der Waals surface area contributed by atoms with Crippen LogP contribution in [0.4, 0.5) is 5.69 Å². The second-order valence-electron chi connectivity index (χ2n) is 8.80. The zero-order valence-corrected chi connectivity index (χ0v) is 21.4. The van der Waals surface area contributed by atoms with Crippen LogP contribution in [0.3, 0.4) is 0 Å². The van der Waals surface area contributed by atoms with E-state index in [0.29, 0.717) is 18.8 Å². The molecular weight excluding hydrogens is 466 g/mol. The lowest BCUT2D eigenvalue weighted by Gasteiger charge is -2.22. The smallest absolute Gasteiger partial charge is 0.319 e. The lowest BCUT2D eigenvalue weighted by molar-refractivity contribution is -0.138. The van der Waals surface area contributed by atoms with Crippen LogP contribution in [-0.4, -0.2) is 45.3 Å². The highest BCUT2D eigenvalue weighted by molar-refractivity contribution is 8.01. The van der Waals surface area contributed by atoms with Crippen molar-refractivity contribution in [1.29, 1.82) is 0 Å². The summed E-state index contributed by atoms with van der Waals surface area (Å²) in [6, 6.07) is 13.2. The first-order valence-electron chi connectivity index (χ1n) is 11.1. The van der Waals surface area contributed by atoms with E-state index in [1.807, 2.05) is 61.2 Å². The topological polar surface area (TPSA) is 105 Å². The summed E-state index contributed by atoms with van der Waals surface area (Å²) in [6.07, 6.45) is 1.40. The summed E-state index contributed by atoms with van der Waals surface area (Å²) in [5.41, 5.74) is 3.42. The summed E-state index contributed by atoms with van der Waals surface area (Å²) in [4.78, 5) is 31.3. The number of anilines is 1. The van der Waals surface area contributed by atoms with E-state index in [-0.39, 0.29) is 12.5 Å². The van der Waals surface area contributed by atoms with Crippen molar-refractivity contribution < 1.29 is 23.8 Å². The molecule has 0 aliphatic carbocycles. The van der Waals surface area contributed by atoms with Crippen molar-refractivity contribution in [3.8, 4) is 5.75 Å². The van der Waals surface area contributed by atoms with Gasteiger partial charge in [-0.2, -0.15) is 0 Å². The van der Waals surface area contributed by atoms with Gasteiger partial charge in [0.1, 0.15) is 16.3 Å². The second-order valence-corrected chi connectivity index (χ2v) is 10.5. The molecule has 0 unspecified atom stereocenters. The SMILES string of the molecule is COc1ccc(NC(=O)CN(Cc2ccc(SC(C)(C)C(=O)O)cc2)Cc2ocnc2C)c(C)c1. The fourth-order valence-electron chi connectivity index (χ4n) is 3.40. The molecule has 2 aromatic carbocycles. The number of methoxy groups -OCH3 is 1. The van der Waals surface area contributed by atoms with Gasteiger partial charge in [-0.1, -0.05) is 12.1 Å². The maximum atomic E-state index is 12.9. The molecule has 0 atom stereocenters. The number of rotatable bonds is 11. The van der Waals surface area contributed by atoms with Crippen molar-refractivity contribution in [3.63, 3.8) is 0 Å². The summed E-state index contributed by atoms with van der Waals surface area (Å²) in [6.45, 7) is 8.21. The average molecular weight is 498 g/mol. The molecule has 0 saturated carbocycles. The van der Waals surface area contributed by atoms with Crippen LogP contribution < -0.4 is 10.1 Å². The normalized spacial score (nSPS) is 11.5. The highest BCUT2D eigenvalue weighted by Crippen LogP contribution is 2.32. The Morgan fingerprint density at radius 3 is 2.43 bits per heavy atom. The molecule has 2 N–H and O–H groups in total. The number of oxazole rings is 1. The third-order valence-corrected chi connectivity index (χ3v) is 6.70. The fraction of sp³-hybridized carbons (Fsp3) is 0.346. The van der Waals surface area contributed by atoms with Gasteiger partial charge in [0.15, 0.2) is 6.39 Å². The monoisotopic (exact) mass is 497 g/mol. The number of nitrogens with zero attached hydrogens (tertiary/aromatic N) is 2. The third kappa shape index (κ3) is 7.34. The number of thioether (sulfide) groups is 1. The number of carboxylic acids is 1. The Labute approximate surface area is 209 Å². The number of carbonyl (C=O) groups excluding carboxylic acids is 1. The molecular formula is C26H31N3O5S. The Hall–Kier alpha value is -3.30. The van der Waals surface area contributed by atoms with Gasteiger partial charge in [0.2, 0.25) is 5.91 Å². The van der Waals surface area contributed by atoms with Crippen LogP contribution in [0.15, 0.2) is 58.2 Å². The van der Waals surface area contributed by atoms with Gasteiger partial charge in [0.05, 0.1) is 25.9 Å². The quantitative estimate of drug-likeness (QED) is 0.361. The summed E-state index contributed by atoms with van der Waals surface area (Å²) >= 11 is 1.29. The molecule has 9 heteroatoms. The Morgan fingerprint density at radius 2 is 1.86 bits per heavy atom. The third-order valence-electron chi connectivity index (χ3n) is 5.50. The first kappa shape index (κ1) is 26.3. The number of hydrogen-bond donors (Lipinski definition) is 2. The van der Waals surface area contributed by atoms with Gasteiger partial charge in [-0.25, -0.2) is 4.98 Å². The number of aliphatic carboxylic acids is 1. The molecule has 186 valence electrons. The number of aryl methyl sites for hydroxylation is 2. The molecule has 0 aliphatic heterocycles. The number of ether oxygens (including phenoxy) is 1. The highest BCUT2D eigenvalue weighted by Gasteiger charge is 2.28. The molecule has 3 aromatic rings. The predicted octanol–water partition coefficient (Wildman–Crippen LogP) is 4.90. The maximum Gasteiger partial charge on any atom is 0.319 e. The Balaban J connectivity index is 1.72. The van der Waals surface area contributed by atoms with Gasteiger partial charge in [0, 0.05) is 17.1 Å². The Kier molecular flexibility index (Phi) is 8.58. The van der Waals surface area contributed by atoms with Crippen molar-refractivity contribution >= 4 is 29.3 Å². The number of nitrogens with one attached hydrogen (secondary N) is 1. The molecule has 0 aliphatic rings. The minimum absolute atomic E-state index is 0.147. The van der Waals surface area contributed by atoms with Crippen LogP contribution in [0.5, 0.6) is 5.75 Å². The summed E-state index contributed by atoms with van der Waals surface area (Å²) in [7, 11) is 1.61. The van der Waals surface area contributed by atoms with Crippen molar-refractivity contribution in [3.05, 3.63) is 71.4 Å². The maximum absolute atomic E-state index is 12.9.